The Kier molecular flexibility index (Phi) is 8.83. The molecule has 0 fully saturated rings. The lowest BCUT2D eigenvalue weighted by Gasteiger charge is -2.10. The van der Waals surface area contributed by atoms with Crippen molar-refractivity contribution in [1.82, 2.24) is 10.7 Å². The first-order valence-electron chi connectivity index (χ1n) is 10.3. The van der Waals surface area contributed by atoms with Gasteiger partial charge in [0.1, 0.15) is 0 Å². The molecule has 3 aromatic carbocycles. The van der Waals surface area contributed by atoms with E-state index in [4.69, 9.17) is 32.7 Å². The number of carbonyl (C=O) groups is 3. The van der Waals surface area contributed by atoms with Gasteiger partial charge in [0.25, 0.3) is 11.8 Å². The standard InChI is InChI=1S/C25H21Cl2N3O5/c1-15-5-3-4-6-18(15)24(32)28-14-23(31)30-29-13-16-7-10-21(22(11-16)34-2)35-25(33)19-9-8-17(26)12-20(19)27/h3-13H,14H2,1-2H3,(H,28,32)(H,30,31)/b29-13+. The highest BCUT2D eigenvalue weighted by Crippen LogP contribution is 2.29. The first-order chi connectivity index (χ1) is 16.8. The summed E-state index contributed by atoms with van der Waals surface area (Å²) >= 11 is 11.9. The number of ether oxygens (including phenoxy) is 2. The predicted molar refractivity (Wildman–Crippen MR) is 134 cm³/mol. The van der Waals surface area contributed by atoms with Gasteiger partial charge in [0.15, 0.2) is 11.5 Å². The highest BCUT2D eigenvalue weighted by molar-refractivity contribution is 6.36. The number of methoxy groups -OCH3 is 1. The summed E-state index contributed by atoms with van der Waals surface area (Å²) in [5.41, 5.74) is 4.36. The van der Waals surface area contributed by atoms with E-state index in [9.17, 15) is 14.4 Å². The maximum atomic E-state index is 12.5. The fourth-order valence-corrected chi connectivity index (χ4v) is 3.45. The fourth-order valence-electron chi connectivity index (χ4n) is 2.96. The molecule has 0 saturated heterocycles. The maximum absolute atomic E-state index is 12.5. The van der Waals surface area contributed by atoms with Crippen molar-refractivity contribution in [3.63, 3.8) is 0 Å². The third-order valence-electron chi connectivity index (χ3n) is 4.74. The average molecular weight is 514 g/mol. The zero-order chi connectivity index (χ0) is 25.4. The van der Waals surface area contributed by atoms with E-state index in [1.54, 1.807) is 24.3 Å². The van der Waals surface area contributed by atoms with Crippen molar-refractivity contribution >= 4 is 47.2 Å². The lowest BCUT2D eigenvalue weighted by Crippen LogP contribution is -2.35. The summed E-state index contributed by atoms with van der Waals surface area (Å²) in [4.78, 5) is 36.6. The number of amides is 2. The number of halogens is 2. The van der Waals surface area contributed by atoms with Crippen molar-refractivity contribution in [2.75, 3.05) is 13.7 Å². The number of hydrogen-bond acceptors (Lipinski definition) is 6. The van der Waals surface area contributed by atoms with Gasteiger partial charge < -0.3 is 14.8 Å². The Bertz CT molecular complexity index is 1290. The minimum atomic E-state index is -0.675. The number of nitrogens with zero attached hydrogens (tertiary/aromatic N) is 1. The summed E-state index contributed by atoms with van der Waals surface area (Å²) in [6.45, 7) is 1.57. The molecule has 0 radical (unpaired) electrons. The van der Waals surface area contributed by atoms with Gasteiger partial charge in [-0.25, -0.2) is 10.2 Å². The second-order valence-corrected chi connectivity index (χ2v) is 8.06. The monoisotopic (exact) mass is 513 g/mol. The Morgan fingerprint density at radius 2 is 1.74 bits per heavy atom. The number of hydrazone groups is 1. The second-order valence-electron chi connectivity index (χ2n) is 7.21. The van der Waals surface area contributed by atoms with E-state index in [0.717, 1.165) is 5.56 Å². The molecule has 2 amide bonds. The molecule has 8 nitrogen and oxygen atoms in total. The molecule has 0 aliphatic carbocycles. The summed E-state index contributed by atoms with van der Waals surface area (Å²) in [5, 5.41) is 6.98. The number of nitrogens with one attached hydrogen (secondary N) is 2. The van der Waals surface area contributed by atoms with E-state index in [0.29, 0.717) is 16.1 Å². The molecule has 10 heteroatoms. The first kappa shape index (κ1) is 25.7. The molecule has 0 bridgehead atoms. The van der Waals surface area contributed by atoms with Crippen LogP contribution in [0.1, 0.15) is 31.8 Å². The normalized spacial score (nSPS) is 10.6. The van der Waals surface area contributed by atoms with Crippen molar-refractivity contribution in [3.05, 3.63) is 93.0 Å². The fraction of sp³-hybridized carbons (Fsp3) is 0.120. The van der Waals surface area contributed by atoms with Crippen LogP contribution in [0.5, 0.6) is 11.5 Å². The van der Waals surface area contributed by atoms with Crippen LogP contribution < -0.4 is 20.2 Å². The largest absolute Gasteiger partial charge is 0.493 e. The van der Waals surface area contributed by atoms with E-state index in [-0.39, 0.29) is 34.5 Å². The Labute approximate surface area is 211 Å². The molecule has 0 aromatic heterocycles. The molecule has 0 heterocycles. The number of esters is 1. The third kappa shape index (κ3) is 7.05. The second kappa shape index (κ2) is 12.0. The highest BCUT2D eigenvalue weighted by Gasteiger charge is 2.16. The van der Waals surface area contributed by atoms with Crippen molar-refractivity contribution < 1.29 is 23.9 Å². The van der Waals surface area contributed by atoms with Gasteiger partial charge in [0, 0.05) is 10.6 Å². The zero-order valence-corrected chi connectivity index (χ0v) is 20.3. The summed E-state index contributed by atoms with van der Waals surface area (Å²) in [6, 6.07) is 16.2. The van der Waals surface area contributed by atoms with Gasteiger partial charge in [-0.3, -0.25) is 9.59 Å². The molecule has 3 rings (SSSR count). The number of carbonyl (C=O) groups excluding carboxylic acids is 3. The number of aryl methyl sites for hydroxylation is 1. The van der Waals surface area contributed by atoms with E-state index in [1.807, 2.05) is 19.1 Å². The van der Waals surface area contributed by atoms with Gasteiger partial charge in [-0.2, -0.15) is 5.10 Å². The van der Waals surface area contributed by atoms with Gasteiger partial charge in [0.05, 0.1) is 30.5 Å². The van der Waals surface area contributed by atoms with Crippen molar-refractivity contribution in [1.29, 1.82) is 0 Å². The third-order valence-corrected chi connectivity index (χ3v) is 5.29. The summed E-state index contributed by atoms with van der Waals surface area (Å²) in [6.07, 6.45) is 1.38. The minimum absolute atomic E-state index is 0.154. The van der Waals surface area contributed by atoms with Crippen LogP contribution >= 0.6 is 23.2 Å². The molecular weight excluding hydrogens is 493 g/mol. The molecule has 0 atom stereocenters. The Hall–Kier alpha value is -3.88. The molecule has 0 aliphatic rings. The maximum Gasteiger partial charge on any atom is 0.345 e. The van der Waals surface area contributed by atoms with Gasteiger partial charge in [-0.05, 0) is 60.5 Å². The van der Waals surface area contributed by atoms with E-state index < -0.39 is 11.9 Å². The van der Waals surface area contributed by atoms with Crippen molar-refractivity contribution in [3.8, 4) is 11.5 Å². The average Bonchev–Trinajstić information content (AvgIpc) is 2.83. The van der Waals surface area contributed by atoms with Gasteiger partial charge >= 0.3 is 5.97 Å². The first-order valence-corrected chi connectivity index (χ1v) is 11.0. The summed E-state index contributed by atoms with van der Waals surface area (Å²) in [7, 11) is 1.42. The van der Waals surface area contributed by atoms with Crippen LogP contribution in [0.3, 0.4) is 0 Å². The molecule has 0 aliphatic heterocycles. The van der Waals surface area contributed by atoms with E-state index >= 15 is 0 Å². The Balaban J connectivity index is 1.57. The molecule has 0 saturated carbocycles. The van der Waals surface area contributed by atoms with Crippen LogP contribution in [0.25, 0.3) is 0 Å². The summed E-state index contributed by atoms with van der Waals surface area (Å²) < 4.78 is 10.7. The smallest absolute Gasteiger partial charge is 0.345 e. The van der Waals surface area contributed by atoms with Crippen molar-refractivity contribution in [2.24, 2.45) is 5.10 Å². The molecule has 0 spiro atoms. The molecule has 3 aromatic rings. The zero-order valence-electron chi connectivity index (χ0n) is 18.8. The number of rotatable bonds is 8. The topological polar surface area (TPSA) is 106 Å². The highest BCUT2D eigenvalue weighted by atomic mass is 35.5. The Morgan fingerprint density at radius 3 is 2.46 bits per heavy atom. The molecular formula is C25H21Cl2N3O5. The summed E-state index contributed by atoms with van der Waals surface area (Å²) in [5.74, 6) is -1.09. The van der Waals surface area contributed by atoms with Gasteiger partial charge in [-0.1, -0.05) is 41.4 Å². The molecule has 2 N–H and O–H groups in total. The minimum Gasteiger partial charge on any atom is -0.493 e. The number of hydrogen-bond donors (Lipinski definition) is 2. The Morgan fingerprint density at radius 1 is 0.971 bits per heavy atom. The van der Waals surface area contributed by atoms with Crippen LogP contribution in [-0.4, -0.2) is 37.7 Å². The molecule has 35 heavy (non-hydrogen) atoms. The van der Waals surface area contributed by atoms with Crippen LogP contribution in [0.2, 0.25) is 10.0 Å². The lowest BCUT2D eigenvalue weighted by atomic mass is 10.1. The quantitative estimate of drug-likeness (QED) is 0.201. The molecule has 0 unspecified atom stereocenters. The van der Waals surface area contributed by atoms with E-state index in [1.165, 1.54) is 37.6 Å². The van der Waals surface area contributed by atoms with Gasteiger partial charge in [0.2, 0.25) is 0 Å². The molecule has 180 valence electrons. The number of benzene rings is 3. The van der Waals surface area contributed by atoms with Crippen LogP contribution in [0.15, 0.2) is 65.8 Å². The predicted octanol–water partition coefficient (Wildman–Crippen LogP) is 4.41. The van der Waals surface area contributed by atoms with Gasteiger partial charge in [-0.15, -0.1) is 0 Å². The van der Waals surface area contributed by atoms with E-state index in [2.05, 4.69) is 15.8 Å². The van der Waals surface area contributed by atoms with Crippen LogP contribution in [0.4, 0.5) is 0 Å². The van der Waals surface area contributed by atoms with Crippen molar-refractivity contribution in [2.45, 2.75) is 6.92 Å². The SMILES string of the molecule is COc1cc(/C=N/NC(=O)CNC(=O)c2ccccc2C)ccc1OC(=O)c1ccc(Cl)cc1Cl. The van der Waals surface area contributed by atoms with Crippen LogP contribution in [0, 0.1) is 6.92 Å². The lowest BCUT2D eigenvalue weighted by molar-refractivity contribution is -0.120. The van der Waals surface area contributed by atoms with Crippen LogP contribution in [-0.2, 0) is 4.79 Å².